The van der Waals surface area contributed by atoms with Crippen LogP contribution in [-0.2, 0) is 25.5 Å². The fourth-order valence-corrected chi connectivity index (χ4v) is 4.99. The molecule has 0 amide bonds. The number of hydrogen-bond acceptors (Lipinski definition) is 6. The molecule has 1 atom stereocenters. The summed E-state index contributed by atoms with van der Waals surface area (Å²) in [5.41, 5.74) is 7.32. The number of hydrogen-bond donors (Lipinski definition) is 1. The average Bonchev–Trinajstić information content (AvgIpc) is 3.20. The van der Waals surface area contributed by atoms with Crippen LogP contribution in [0.1, 0.15) is 62.7 Å². The molecule has 8 heteroatoms. The van der Waals surface area contributed by atoms with Gasteiger partial charge in [-0.05, 0) is 70.0 Å². The third-order valence-corrected chi connectivity index (χ3v) is 7.34. The van der Waals surface area contributed by atoms with Gasteiger partial charge in [0.1, 0.15) is 4.90 Å². The van der Waals surface area contributed by atoms with Gasteiger partial charge >= 0.3 is 16.1 Å². The minimum Gasteiger partial charge on any atom is -0.342 e. The quantitative estimate of drug-likeness (QED) is 0.587. The maximum Gasteiger partial charge on any atom is 0.341 e. The van der Waals surface area contributed by atoms with Crippen molar-refractivity contribution < 1.29 is 17.4 Å². The lowest BCUT2D eigenvalue weighted by molar-refractivity contribution is -0.138. The van der Waals surface area contributed by atoms with E-state index in [4.69, 9.17) is 9.92 Å². The van der Waals surface area contributed by atoms with E-state index in [0.29, 0.717) is 31.8 Å². The number of rotatable bonds is 9. The Morgan fingerprint density at radius 2 is 1.90 bits per heavy atom. The predicted octanol–water partition coefficient (Wildman–Crippen LogP) is 3.77. The minimum atomic E-state index is -4.16. The summed E-state index contributed by atoms with van der Waals surface area (Å²) in [6, 6.07) is 6.67. The van der Waals surface area contributed by atoms with Gasteiger partial charge in [0, 0.05) is 18.7 Å². The second kappa shape index (κ2) is 10.4. The number of aryl methyl sites for hydroxylation is 1. The number of carbonyl (C=O) groups is 1. The topological polar surface area (TPSA) is 104 Å². The van der Waals surface area contributed by atoms with Gasteiger partial charge in [0.15, 0.2) is 0 Å². The van der Waals surface area contributed by atoms with Crippen LogP contribution in [0, 0.1) is 18.8 Å². The lowest BCUT2D eigenvalue weighted by Crippen LogP contribution is -2.24. The van der Waals surface area contributed by atoms with Crippen LogP contribution in [0.4, 0.5) is 0 Å². The molecule has 1 aromatic heterocycles. The van der Waals surface area contributed by atoms with Crippen molar-refractivity contribution in [3.8, 4) is 0 Å². The molecule has 1 fully saturated rings. The molecule has 2 aromatic rings. The molecule has 0 radical (unpaired) electrons. The van der Waals surface area contributed by atoms with Crippen LogP contribution in [0.2, 0.25) is 0 Å². The van der Waals surface area contributed by atoms with Gasteiger partial charge in [0.2, 0.25) is 0 Å². The molecule has 1 saturated carbocycles. The summed E-state index contributed by atoms with van der Waals surface area (Å²) >= 11 is 0. The van der Waals surface area contributed by atoms with Gasteiger partial charge in [0.25, 0.3) is 0 Å². The van der Waals surface area contributed by atoms with Crippen LogP contribution >= 0.6 is 0 Å². The number of nitrogens with zero attached hydrogens (tertiary/aromatic N) is 2. The molecule has 31 heavy (non-hydrogen) atoms. The van der Waals surface area contributed by atoms with E-state index in [2.05, 4.69) is 16.5 Å². The van der Waals surface area contributed by atoms with Crippen LogP contribution in [0.15, 0.2) is 41.7 Å². The zero-order valence-corrected chi connectivity index (χ0v) is 19.2. The van der Waals surface area contributed by atoms with E-state index in [9.17, 15) is 13.2 Å². The summed E-state index contributed by atoms with van der Waals surface area (Å²) in [4.78, 5) is 17.2. The summed E-state index contributed by atoms with van der Waals surface area (Å²) in [6.07, 6.45) is 9.87. The Bertz CT molecular complexity index is 961. The van der Waals surface area contributed by atoms with E-state index in [1.165, 1.54) is 25.0 Å². The fraction of sp³-hybridized carbons (Fsp3) is 0.565. The molecule has 1 aromatic carbocycles. The van der Waals surface area contributed by atoms with Gasteiger partial charge in [-0.15, -0.1) is 0 Å². The maximum atomic E-state index is 12.8. The molecular formula is C23H33N3O4S. The standard InChI is InChI=1S/C23H33N3O4S/c1-17-5-9-21(10-6-17)26-15-20(25-16-26)14-19(4-3-13-24)23(27)30-31(28,29)22-11-7-18(2)8-12-22/h7-8,11-12,15-17,19,21H,3-6,9-10,13-14,24H2,1-2H3/t17?,19-,21?/m0/s1. The summed E-state index contributed by atoms with van der Waals surface area (Å²) < 4.78 is 32.2. The number of imidazole rings is 1. The lowest BCUT2D eigenvalue weighted by atomic mass is 9.87. The van der Waals surface area contributed by atoms with Crippen LogP contribution in [0.3, 0.4) is 0 Å². The molecule has 7 nitrogen and oxygen atoms in total. The van der Waals surface area contributed by atoms with Crippen molar-refractivity contribution in [1.82, 2.24) is 9.55 Å². The molecule has 1 aliphatic rings. The van der Waals surface area contributed by atoms with Gasteiger partial charge in [-0.1, -0.05) is 24.6 Å². The predicted molar refractivity (Wildman–Crippen MR) is 119 cm³/mol. The van der Waals surface area contributed by atoms with E-state index in [1.807, 2.05) is 19.4 Å². The molecular weight excluding hydrogens is 414 g/mol. The number of carbonyl (C=O) groups excluding carboxylic acids is 1. The lowest BCUT2D eigenvalue weighted by Gasteiger charge is -2.26. The highest BCUT2D eigenvalue weighted by Crippen LogP contribution is 2.32. The Morgan fingerprint density at radius 1 is 1.23 bits per heavy atom. The van der Waals surface area contributed by atoms with Gasteiger partial charge in [0.05, 0.1) is 17.9 Å². The highest BCUT2D eigenvalue weighted by Gasteiger charge is 2.28. The van der Waals surface area contributed by atoms with E-state index in [-0.39, 0.29) is 4.90 Å². The van der Waals surface area contributed by atoms with E-state index in [0.717, 1.165) is 30.0 Å². The number of benzene rings is 1. The molecule has 170 valence electrons. The molecule has 0 spiro atoms. The van der Waals surface area contributed by atoms with Crippen LogP contribution in [0.25, 0.3) is 0 Å². The van der Waals surface area contributed by atoms with Crippen LogP contribution in [0.5, 0.6) is 0 Å². The highest BCUT2D eigenvalue weighted by molar-refractivity contribution is 7.87. The number of nitrogens with two attached hydrogens (primary N) is 1. The van der Waals surface area contributed by atoms with Crippen LogP contribution < -0.4 is 5.73 Å². The van der Waals surface area contributed by atoms with Crippen molar-refractivity contribution >= 4 is 16.1 Å². The third-order valence-electron chi connectivity index (χ3n) is 6.11. The normalized spacial score (nSPS) is 20.4. The van der Waals surface area contributed by atoms with Crippen molar-refractivity contribution in [2.24, 2.45) is 17.6 Å². The van der Waals surface area contributed by atoms with Gasteiger partial charge in [-0.25, -0.2) is 4.98 Å². The molecule has 0 aliphatic heterocycles. The Balaban J connectivity index is 1.68. The van der Waals surface area contributed by atoms with Crippen molar-refractivity contribution in [3.05, 3.63) is 48.0 Å². The monoisotopic (exact) mass is 447 g/mol. The summed E-state index contributed by atoms with van der Waals surface area (Å²) in [7, 11) is -4.16. The van der Waals surface area contributed by atoms with E-state index < -0.39 is 22.0 Å². The van der Waals surface area contributed by atoms with Gasteiger partial charge in [-0.3, -0.25) is 4.79 Å². The molecule has 0 bridgehead atoms. The first kappa shape index (κ1) is 23.5. The molecule has 0 unspecified atom stereocenters. The highest BCUT2D eigenvalue weighted by atomic mass is 32.2. The second-order valence-electron chi connectivity index (χ2n) is 8.73. The van der Waals surface area contributed by atoms with Crippen molar-refractivity contribution in [3.63, 3.8) is 0 Å². The Morgan fingerprint density at radius 3 is 2.55 bits per heavy atom. The first-order valence-corrected chi connectivity index (χ1v) is 12.5. The first-order valence-electron chi connectivity index (χ1n) is 11.1. The average molecular weight is 448 g/mol. The molecule has 1 heterocycles. The third kappa shape index (κ3) is 6.40. The van der Waals surface area contributed by atoms with E-state index in [1.54, 1.807) is 12.1 Å². The first-order chi connectivity index (χ1) is 14.8. The minimum absolute atomic E-state index is 0.0279. The maximum absolute atomic E-state index is 12.8. The summed E-state index contributed by atoms with van der Waals surface area (Å²) in [6.45, 7) is 4.56. The summed E-state index contributed by atoms with van der Waals surface area (Å²) in [5, 5.41) is 0. The zero-order valence-electron chi connectivity index (χ0n) is 18.4. The summed E-state index contributed by atoms with van der Waals surface area (Å²) in [5.74, 6) is -0.598. The Kier molecular flexibility index (Phi) is 7.89. The fourth-order valence-electron chi connectivity index (χ4n) is 4.07. The van der Waals surface area contributed by atoms with Crippen molar-refractivity contribution in [1.29, 1.82) is 0 Å². The van der Waals surface area contributed by atoms with Crippen molar-refractivity contribution in [2.75, 3.05) is 6.54 Å². The SMILES string of the molecule is Cc1ccc(S(=O)(=O)OC(=O)[C@@H](CCCN)Cc2cn(C3CCC(C)CC3)cn2)cc1. The zero-order chi connectivity index (χ0) is 22.4. The van der Waals surface area contributed by atoms with Crippen molar-refractivity contribution in [2.45, 2.75) is 69.7 Å². The Labute approximate surface area is 185 Å². The van der Waals surface area contributed by atoms with E-state index >= 15 is 0 Å². The van der Waals surface area contributed by atoms with Crippen LogP contribution in [-0.4, -0.2) is 30.5 Å². The number of aromatic nitrogens is 2. The smallest absolute Gasteiger partial charge is 0.341 e. The molecule has 1 aliphatic carbocycles. The molecule has 0 saturated heterocycles. The van der Waals surface area contributed by atoms with Gasteiger partial charge in [-0.2, -0.15) is 8.42 Å². The largest absolute Gasteiger partial charge is 0.342 e. The molecule has 3 rings (SSSR count). The van der Waals surface area contributed by atoms with Gasteiger partial charge < -0.3 is 14.5 Å². The second-order valence-corrected chi connectivity index (χ2v) is 10.3. The molecule has 2 N–H and O–H groups in total. The Hall–Kier alpha value is -2.19.